The number of aromatic nitrogens is 2. The van der Waals surface area contributed by atoms with Crippen molar-refractivity contribution in [2.24, 2.45) is 5.73 Å². The molecule has 130 valence electrons. The molecule has 1 saturated carbocycles. The molecular formula is C16H17ClF3N3O. The predicted molar refractivity (Wildman–Crippen MR) is 86.3 cm³/mol. The second-order valence-corrected chi connectivity index (χ2v) is 5.84. The van der Waals surface area contributed by atoms with Crippen LogP contribution >= 0.6 is 12.4 Å². The minimum Gasteiger partial charge on any atom is -0.335 e. The van der Waals surface area contributed by atoms with E-state index in [0.717, 1.165) is 25.3 Å². The molecule has 0 spiro atoms. The minimum atomic E-state index is -4.42. The number of hydrogen-bond acceptors (Lipinski definition) is 4. The molecule has 1 fully saturated rings. The van der Waals surface area contributed by atoms with Gasteiger partial charge in [0.2, 0.25) is 0 Å². The third kappa shape index (κ3) is 3.47. The van der Waals surface area contributed by atoms with E-state index in [1.807, 2.05) is 0 Å². The average Bonchev–Trinajstić information content (AvgIpc) is 2.92. The molecule has 1 aromatic heterocycles. The number of nitrogens with zero attached hydrogens (tertiary/aromatic N) is 2. The summed E-state index contributed by atoms with van der Waals surface area (Å²) in [4.78, 5) is 4.20. The van der Waals surface area contributed by atoms with Gasteiger partial charge >= 0.3 is 6.18 Å². The maximum absolute atomic E-state index is 13.1. The van der Waals surface area contributed by atoms with Gasteiger partial charge in [0.25, 0.3) is 5.89 Å². The lowest BCUT2D eigenvalue weighted by atomic mass is 9.77. The van der Waals surface area contributed by atoms with Crippen LogP contribution in [0.4, 0.5) is 13.2 Å². The topological polar surface area (TPSA) is 64.9 Å². The van der Waals surface area contributed by atoms with Crippen molar-refractivity contribution in [2.75, 3.05) is 0 Å². The summed E-state index contributed by atoms with van der Waals surface area (Å²) in [7, 11) is 0. The molecule has 1 aliphatic rings. The van der Waals surface area contributed by atoms with Crippen molar-refractivity contribution in [1.82, 2.24) is 10.1 Å². The van der Waals surface area contributed by atoms with Crippen LogP contribution in [0.3, 0.4) is 0 Å². The first-order chi connectivity index (χ1) is 10.8. The van der Waals surface area contributed by atoms with E-state index < -0.39 is 17.3 Å². The van der Waals surface area contributed by atoms with Crippen LogP contribution in [-0.4, -0.2) is 10.1 Å². The molecule has 4 nitrogen and oxygen atoms in total. The third-order valence-corrected chi connectivity index (χ3v) is 4.13. The number of allylic oxidation sites excluding steroid dienone is 1. The lowest BCUT2D eigenvalue weighted by molar-refractivity contribution is -0.137. The van der Waals surface area contributed by atoms with Gasteiger partial charge in [-0.05, 0) is 43.4 Å². The minimum absolute atomic E-state index is 0. The summed E-state index contributed by atoms with van der Waals surface area (Å²) in [5, 5.41) is 3.85. The van der Waals surface area contributed by atoms with Crippen molar-refractivity contribution in [3.05, 3.63) is 47.1 Å². The van der Waals surface area contributed by atoms with Crippen LogP contribution in [0.5, 0.6) is 0 Å². The summed E-state index contributed by atoms with van der Waals surface area (Å²) in [6.45, 7) is 1.58. The molecule has 0 atom stereocenters. The van der Waals surface area contributed by atoms with E-state index in [0.29, 0.717) is 11.4 Å². The molecule has 2 N–H and O–H groups in total. The number of halogens is 4. The van der Waals surface area contributed by atoms with Crippen LogP contribution in [0.25, 0.3) is 11.6 Å². The number of hydrogen-bond donors (Lipinski definition) is 1. The van der Waals surface area contributed by atoms with Gasteiger partial charge < -0.3 is 10.3 Å². The summed E-state index contributed by atoms with van der Waals surface area (Å²) < 4.78 is 44.3. The normalized spacial score (nSPS) is 17.1. The lowest BCUT2D eigenvalue weighted by Gasteiger charge is -2.34. The van der Waals surface area contributed by atoms with Crippen LogP contribution in [0.15, 0.2) is 28.8 Å². The fourth-order valence-electron chi connectivity index (χ4n) is 2.61. The quantitative estimate of drug-likeness (QED) is 0.881. The number of alkyl halides is 3. The molecular weight excluding hydrogens is 343 g/mol. The first-order valence-electron chi connectivity index (χ1n) is 7.27. The summed E-state index contributed by atoms with van der Waals surface area (Å²) in [6, 6.07) is 5.39. The van der Waals surface area contributed by atoms with Crippen molar-refractivity contribution in [2.45, 2.75) is 37.9 Å². The molecule has 0 bridgehead atoms. The maximum Gasteiger partial charge on any atom is 0.416 e. The SMILES string of the molecule is C/C(=C/c1nc(C2(N)CCC2)no1)c1ccccc1C(F)(F)F.Cl. The van der Waals surface area contributed by atoms with Gasteiger partial charge in [0, 0.05) is 6.08 Å². The molecule has 2 aromatic rings. The van der Waals surface area contributed by atoms with Gasteiger partial charge in [0.15, 0.2) is 5.82 Å². The summed E-state index contributed by atoms with van der Waals surface area (Å²) in [6.07, 6.45) is -0.395. The van der Waals surface area contributed by atoms with Crippen molar-refractivity contribution >= 4 is 24.1 Å². The van der Waals surface area contributed by atoms with E-state index in [-0.39, 0.29) is 23.9 Å². The highest BCUT2D eigenvalue weighted by Crippen LogP contribution is 2.38. The highest BCUT2D eigenvalue weighted by molar-refractivity contribution is 5.85. The average molecular weight is 360 g/mol. The maximum atomic E-state index is 13.1. The number of rotatable bonds is 3. The number of nitrogens with two attached hydrogens (primary N) is 1. The Balaban J connectivity index is 0.00000208. The van der Waals surface area contributed by atoms with E-state index in [2.05, 4.69) is 10.1 Å². The van der Waals surface area contributed by atoms with Gasteiger partial charge in [-0.3, -0.25) is 0 Å². The molecule has 3 rings (SSSR count). The summed E-state index contributed by atoms with van der Waals surface area (Å²) in [5.41, 5.74) is 5.34. The van der Waals surface area contributed by atoms with Crippen molar-refractivity contribution < 1.29 is 17.7 Å². The van der Waals surface area contributed by atoms with Crippen LogP contribution < -0.4 is 5.73 Å². The smallest absolute Gasteiger partial charge is 0.335 e. The Bertz CT molecular complexity index is 751. The summed E-state index contributed by atoms with van der Waals surface area (Å²) in [5.74, 6) is 0.568. The molecule has 1 aliphatic carbocycles. The fraction of sp³-hybridized carbons (Fsp3) is 0.375. The Hall–Kier alpha value is -1.86. The molecule has 8 heteroatoms. The van der Waals surface area contributed by atoms with E-state index >= 15 is 0 Å². The first kappa shape index (κ1) is 18.5. The highest BCUT2D eigenvalue weighted by atomic mass is 35.5. The molecule has 1 heterocycles. The van der Waals surface area contributed by atoms with Crippen molar-refractivity contribution in [3.63, 3.8) is 0 Å². The Morgan fingerprint density at radius 3 is 2.54 bits per heavy atom. The van der Waals surface area contributed by atoms with Gasteiger partial charge in [-0.2, -0.15) is 18.2 Å². The third-order valence-electron chi connectivity index (χ3n) is 4.13. The molecule has 0 radical (unpaired) electrons. The van der Waals surface area contributed by atoms with E-state index in [1.54, 1.807) is 13.0 Å². The molecule has 0 amide bonds. The van der Waals surface area contributed by atoms with Gasteiger partial charge in [-0.15, -0.1) is 12.4 Å². The Kier molecular flexibility index (Phi) is 5.05. The monoisotopic (exact) mass is 359 g/mol. The Morgan fingerprint density at radius 1 is 1.29 bits per heavy atom. The number of benzene rings is 1. The van der Waals surface area contributed by atoms with Crippen LogP contribution in [0.1, 0.15) is 49.0 Å². The van der Waals surface area contributed by atoms with Crippen LogP contribution in [-0.2, 0) is 11.7 Å². The highest BCUT2D eigenvalue weighted by Gasteiger charge is 2.39. The van der Waals surface area contributed by atoms with Crippen LogP contribution in [0, 0.1) is 0 Å². The fourth-order valence-corrected chi connectivity index (χ4v) is 2.61. The Labute approximate surface area is 143 Å². The lowest BCUT2D eigenvalue weighted by Crippen LogP contribution is -2.44. The first-order valence-corrected chi connectivity index (χ1v) is 7.27. The van der Waals surface area contributed by atoms with Crippen molar-refractivity contribution in [1.29, 1.82) is 0 Å². The molecule has 0 aliphatic heterocycles. The molecule has 1 aromatic carbocycles. The summed E-state index contributed by atoms with van der Waals surface area (Å²) >= 11 is 0. The second kappa shape index (κ2) is 6.57. The van der Waals surface area contributed by atoms with Crippen LogP contribution in [0.2, 0.25) is 0 Å². The van der Waals surface area contributed by atoms with Gasteiger partial charge in [0.05, 0.1) is 11.1 Å². The zero-order valence-electron chi connectivity index (χ0n) is 12.9. The standard InChI is InChI=1S/C16H16F3N3O.ClH/c1-10(11-5-2-3-6-12(11)16(17,18)19)9-13-21-14(22-23-13)15(20)7-4-8-15;/h2-3,5-6,9H,4,7-8,20H2,1H3;1H/b10-9-;. The molecule has 24 heavy (non-hydrogen) atoms. The van der Waals surface area contributed by atoms with Gasteiger partial charge in [0.1, 0.15) is 0 Å². The zero-order chi connectivity index (χ0) is 16.7. The largest absolute Gasteiger partial charge is 0.416 e. The zero-order valence-corrected chi connectivity index (χ0v) is 13.7. The van der Waals surface area contributed by atoms with Gasteiger partial charge in [-0.25, -0.2) is 0 Å². The van der Waals surface area contributed by atoms with E-state index in [1.165, 1.54) is 18.2 Å². The molecule has 0 saturated heterocycles. The Morgan fingerprint density at radius 2 is 1.96 bits per heavy atom. The van der Waals surface area contributed by atoms with E-state index in [9.17, 15) is 13.2 Å². The predicted octanol–water partition coefficient (Wildman–Crippen LogP) is 4.41. The van der Waals surface area contributed by atoms with Gasteiger partial charge in [-0.1, -0.05) is 23.4 Å². The molecule has 0 unspecified atom stereocenters. The van der Waals surface area contributed by atoms with Crippen molar-refractivity contribution in [3.8, 4) is 0 Å². The second-order valence-electron chi connectivity index (χ2n) is 5.84. The van der Waals surface area contributed by atoms with E-state index in [4.69, 9.17) is 10.3 Å².